The van der Waals surface area contributed by atoms with E-state index in [1.807, 2.05) is 0 Å². The fraction of sp³-hybridized carbons (Fsp3) is 0.641. The molecule has 6 aliphatic carbocycles. The molecule has 0 heterocycles. The van der Waals surface area contributed by atoms with Crippen LogP contribution >= 0.6 is 0 Å². The van der Waals surface area contributed by atoms with Gasteiger partial charge in [0.2, 0.25) is 0 Å². The predicted molar refractivity (Wildman–Crippen MR) is 174 cm³/mol. The van der Waals surface area contributed by atoms with E-state index in [4.69, 9.17) is 18.9 Å². The fourth-order valence-corrected chi connectivity index (χ4v) is 11.3. The highest BCUT2D eigenvalue weighted by Crippen LogP contribution is 2.63. The zero-order valence-corrected chi connectivity index (χ0v) is 27.9. The van der Waals surface area contributed by atoms with Gasteiger partial charge in [-0.3, -0.25) is 0 Å². The van der Waals surface area contributed by atoms with Crippen LogP contribution in [0, 0.1) is 71.0 Å². The van der Waals surface area contributed by atoms with Crippen LogP contribution in [-0.2, 0) is 28.5 Å². The summed E-state index contributed by atoms with van der Waals surface area (Å²) < 4.78 is 22.3. The first-order valence-corrected chi connectivity index (χ1v) is 17.9. The Balaban J connectivity index is 0.876. The van der Waals surface area contributed by atoms with Crippen molar-refractivity contribution in [1.82, 2.24) is 0 Å². The van der Waals surface area contributed by atoms with Crippen LogP contribution in [-0.4, -0.2) is 55.4 Å². The molecule has 6 aliphatic rings. The summed E-state index contributed by atoms with van der Waals surface area (Å²) in [6.45, 7) is 10.3. The predicted octanol–water partition coefficient (Wildman–Crippen LogP) is 6.15. The molecular weight excluding hydrogens is 612 g/mol. The maximum absolute atomic E-state index is 13.1. The van der Waals surface area contributed by atoms with Gasteiger partial charge in [0.25, 0.3) is 0 Å². The van der Waals surface area contributed by atoms with Gasteiger partial charge in [-0.2, -0.15) is 0 Å². The van der Waals surface area contributed by atoms with Crippen LogP contribution in [0.5, 0.6) is 5.75 Å². The summed E-state index contributed by atoms with van der Waals surface area (Å²) in [6, 6.07) is 4.12. The number of phenolic OH excluding ortho intramolecular Hbond substituents is 1. The van der Waals surface area contributed by atoms with Crippen LogP contribution in [0.3, 0.4) is 0 Å². The van der Waals surface area contributed by atoms with Gasteiger partial charge < -0.3 is 24.1 Å². The van der Waals surface area contributed by atoms with E-state index >= 15 is 0 Å². The van der Waals surface area contributed by atoms with Crippen molar-refractivity contribution in [3.05, 3.63) is 54.1 Å². The maximum atomic E-state index is 13.1. The standard InChI is InChI=1S/C39H48O9/c1-4-36(41)45-16-21-5-30-24-10-28(33(15-24)34(30)7-21)19-48-39(44)26-11-25(12-29(40)13-26)38(43)46-17-22-6-31-23-9-27(18-47-37(42)20(2)3)32(14-23)35(31)8-22/h4,11-13,21-24,27-28,30-35,40H,1-2,5-10,14-19H2,3H3. The summed E-state index contributed by atoms with van der Waals surface area (Å²) in [5.41, 5.74) is 0.698. The number of phenols is 1. The summed E-state index contributed by atoms with van der Waals surface area (Å²) in [7, 11) is 0. The number of carbonyl (C=O) groups excluding carboxylic acids is 4. The molecule has 6 fully saturated rings. The van der Waals surface area contributed by atoms with E-state index < -0.39 is 11.9 Å². The number of esters is 4. The number of rotatable bonds is 12. The second kappa shape index (κ2) is 13.4. The molecule has 6 saturated carbocycles. The van der Waals surface area contributed by atoms with Gasteiger partial charge in [0.15, 0.2) is 0 Å². The van der Waals surface area contributed by atoms with E-state index in [-0.39, 0.29) is 34.7 Å². The summed E-state index contributed by atoms with van der Waals surface area (Å²) >= 11 is 0. The molecule has 1 N–H and O–H groups in total. The zero-order chi connectivity index (χ0) is 33.7. The zero-order valence-electron chi connectivity index (χ0n) is 27.9. The van der Waals surface area contributed by atoms with Crippen LogP contribution in [0.1, 0.15) is 79.0 Å². The Labute approximate surface area is 282 Å². The molecule has 0 spiro atoms. The molecule has 7 rings (SSSR count). The van der Waals surface area contributed by atoms with E-state index in [0.29, 0.717) is 97.1 Å². The Bertz CT molecular complexity index is 1480. The second-order valence-corrected chi connectivity index (χ2v) is 15.8. The minimum Gasteiger partial charge on any atom is -0.508 e. The molecule has 0 aromatic heterocycles. The number of hydrogen-bond donors (Lipinski definition) is 1. The first kappa shape index (κ1) is 32.9. The number of hydrogen-bond acceptors (Lipinski definition) is 9. The molecule has 0 aliphatic heterocycles. The topological polar surface area (TPSA) is 125 Å². The van der Waals surface area contributed by atoms with E-state index in [1.54, 1.807) is 6.92 Å². The third-order valence-electron chi connectivity index (χ3n) is 13.1. The lowest BCUT2D eigenvalue weighted by molar-refractivity contribution is -0.141. The molecule has 0 amide bonds. The van der Waals surface area contributed by atoms with Gasteiger partial charge in [-0.25, -0.2) is 19.2 Å². The van der Waals surface area contributed by atoms with Crippen molar-refractivity contribution >= 4 is 23.9 Å². The maximum Gasteiger partial charge on any atom is 0.338 e. The quantitative estimate of drug-likeness (QED) is 0.160. The number of aromatic hydroxyl groups is 1. The van der Waals surface area contributed by atoms with Crippen LogP contribution in [0.25, 0.3) is 0 Å². The third kappa shape index (κ3) is 6.41. The Morgan fingerprint density at radius 1 is 0.667 bits per heavy atom. The lowest BCUT2D eigenvalue weighted by atomic mass is 9.76. The third-order valence-corrected chi connectivity index (χ3v) is 13.1. The molecule has 48 heavy (non-hydrogen) atoms. The molecule has 0 radical (unpaired) electrons. The van der Waals surface area contributed by atoms with Crippen LogP contribution in [0.4, 0.5) is 0 Å². The number of fused-ring (bicyclic) bond motifs is 10. The van der Waals surface area contributed by atoms with Gasteiger partial charge in [0.05, 0.1) is 37.6 Å². The lowest BCUT2D eigenvalue weighted by Crippen LogP contribution is -2.28. The number of carbonyl (C=O) groups is 4. The van der Waals surface area contributed by atoms with Crippen molar-refractivity contribution < 1.29 is 43.2 Å². The molecule has 4 bridgehead atoms. The average Bonchev–Trinajstić information content (AvgIpc) is 3.91. The van der Waals surface area contributed by atoms with E-state index in [0.717, 1.165) is 44.9 Å². The van der Waals surface area contributed by atoms with Crippen molar-refractivity contribution in [2.75, 3.05) is 26.4 Å². The van der Waals surface area contributed by atoms with Gasteiger partial charge in [-0.1, -0.05) is 13.2 Å². The summed E-state index contributed by atoms with van der Waals surface area (Å²) in [5, 5.41) is 10.4. The summed E-state index contributed by atoms with van der Waals surface area (Å²) in [4.78, 5) is 49.6. The second-order valence-electron chi connectivity index (χ2n) is 15.8. The molecule has 9 heteroatoms. The highest BCUT2D eigenvalue weighted by Gasteiger charge is 2.57. The van der Waals surface area contributed by atoms with Crippen LogP contribution < -0.4 is 0 Å². The smallest absolute Gasteiger partial charge is 0.338 e. The molecule has 1 aromatic carbocycles. The lowest BCUT2D eigenvalue weighted by Gasteiger charge is -2.31. The van der Waals surface area contributed by atoms with E-state index in [9.17, 15) is 24.3 Å². The van der Waals surface area contributed by atoms with E-state index in [1.165, 1.54) is 30.7 Å². The van der Waals surface area contributed by atoms with Crippen molar-refractivity contribution in [2.24, 2.45) is 71.0 Å². The van der Waals surface area contributed by atoms with E-state index in [2.05, 4.69) is 13.2 Å². The number of benzene rings is 1. The molecule has 258 valence electrons. The van der Waals surface area contributed by atoms with Gasteiger partial charge in [0.1, 0.15) is 5.75 Å². The first-order chi connectivity index (χ1) is 23.1. The Morgan fingerprint density at radius 2 is 1.15 bits per heavy atom. The first-order valence-electron chi connectivity index (χ1n) is 17.9. The van der Waals surface area contributed by atoms with Gasteiger partial charge >= 0.3 is 23.9 Å². The van der Waals surface area contributed by atoms with Gasteiger partial charge in [-0.15, -0.1) is 0 Å². The molecule has 12 atom stereocenters. The molecular formula is C39H48O9. The fourth-order valence-electron chi connectivity index (χ4n) is 11.3. The summed E-state index contributed by atoms with van der Waals surface area (Å²) in [5.74, 6) is 4.07. The average molecular weight is 661 g/mol. The molecule has 9 nitrogen and oxygen atoms in total. The van der Waals surface area contributed by atoms with Gasteiger partial charge in [-0.05, 0) is 148 Å². The van der Waals surface area contributed by atoms with Crippen molar-refractivity contribution in [3.8, 4) is 5.75 Å². The highest BCUT2D eigenvalue weighted by atomic mass is 16.5. The van der Waals surface area contributed by atoms with Crippen LogP contribution in [0.15, 0.2) is 43.0 Å². The van der Waals surface area contributed by atoms with Crippen molar-refractivity contribution in [3.63, 3.8) is 0 Å². The van der Waals surface area contributed by atoms with Gasteiger partial charge in [0, 0.05) is 11.6 Å². The normalized spacial score (nSPS) is 36.7. The molecule has 0 saturated heterocycles. The SMILES string of the molecule is C=CC(=O)OCC1CC2C3CC(COC(=O)c4cc(O)cc(C(=O)OCC5CC6C7CC(COC(=O)C(=C)C)C(C7)C6C5)c4)C(C3)C2C1. The molecule has 1 aromatic rings. The van der Waals surface area contributed by atoms with Crippen molar-refractivity contribution in [2.45, 2.75) is 58.3 Å². The highest BCUT2D eigenvalue weighted by molar-refractivity contribution is 5.96. The van der Waals surface area contributed by atoms with Crippen LogP contribution in [0.2, 0.25) is 0 Å². The number of ether oxygens (including phenoxy) is 4. The minimum atomic E-state index is -0.557. The Kier molecular flexibility index (Phi) is 9.16. The Morgan fingerprint density at radius 3 is 1.67 bits per heavy atom. The monoisotopic (exact) mass is 660 g/mol. The van der Waals surface area contributed by atoms with Crippen molar-refractivity contribution in [1.29, 1.82) is 0 Å². The summed E-state index contributed by atoms with van der Waals surface area (Å²) in [6.07, 6.45) is 9.83. The largest absolute Gasteiger partial charge is 0.508 e. The Hall–Kier alpha value is -3.62. The minimum absolute atomic E-state index is 0.136. The molecule has 12 unspecified atom stereocenters.